The fraction of sp³-hybridized carbons (Fsp3) is 0.636. The summed E-state index contributed by atoms with van der Waals surface area (Å²) in [5.74, 6) is 3.77. The predicted molar refractivity (Wildman–Crippen MR) is 54.8 cm³/mol. The topological polar surface area (TPSA) is 52.6 Å². The third-order valence-electron chi connectivity index (χ3n) is 1.56. The molecule has 0 aromatic heterocycles. The van der Waals surface area contributed by atoms with Gasteiger partial charge in [0.2, 0.25) is 0 Å². The molecule has 0 saturated carbocycles. The lowest BCUT2D eigenvalue weighted by Gasteiger charge is -2.25. The quantitative estimate of drug-likeness (QED) is 0.371. The molecule has 0 aliphatic rings. The summed E-state index contributed by atoms with van der Waals surface area (Å²) >= 11 is 0. The van der Waals surface area contributed by atoms with E-state index in [1.807, 2.05) is 20.8 Å². The van der Waals surface area contributed by atoms with E-state index in [4.69, 9.17) is 4.74 Å². The van der Waals surface area contributed by atoms with E-state index >= 15 is 0 Å². The summed E-state index contributed by atoms with van der Waals surface area (Å²) in [6, 6.07) is 0. The van der Waals surface area contributed by atoms with Crippen LogP contribution in [0.25, 0.3) is 0 Å². The Morgan fingerprint density at radius 3 is 2.13 bits per heavy atom. The number of hydrogen-bond acceptors (Lipinski definition) is 4. The molecule has 4 nitrogen and oxygen atoms in total. The number of carbonyl (C=O) groups is 2. The highest BCUT2D eigenvalue weighted by molar-refractivity contribution is 5.88. The molecule has 0 fully saturated rings. The number of rotatable bonds is 1. The van der Waals surface area contributed by atoms with Crippen molar-refractivity contribution in [3.8, 4) is 11.8 Å². The van der Waals surface area contributed by atoms with Crippen molar-refractivity contribution in [2.75, 3.05) is 7.11 Å². The summed E-state index contributed by atoms with van der Waals surface area (Å²) in [6.07, 6.45) is -0.617. The van der Waals surface area contributed by atoms with Gasteiger partial charge in [0.25, 0.3) is 0 Å². The van der Waals surface area contributed by atoms with Gasteiger partial charge in [-0.05, 0) is 5.92 Å². The smallest absolute Gasteiger partial charge is 0.384 e. The first-order chi connectivity index (χ1) is 6.77. The molecule has 0 aromatic carbocycles. The van der Waals surface area contributed by atoms with Gasteiger partial charge < -0.3 is 9.47 Å². The van der Waals surface area contributed by atoms with Gasteiger partial charge in [0.1, 0.15) is 0 Å². The second kappa shape index (κ2) is 5.40. The minimum absolute atomic E-state index is 0.341. The highest BCUT2D eigenvalue weighted by atomic mass is 16.5. The Labute approximate surface area is 89.9 Å². The van der Waals surface area contributed by atoms with E-state index in [1.54, 1.807) is 0 Å². The van der Waals surface area contributed by atoms with Gasteiger partial charge in [-0.1, -0.05) is 20.8 Å². The third-order valence-corrected chi connectivity index (χ3v) is 1.56. The van der Waals surface area contributed by atoms with Crippen molar-refractivity contribution in [2.24, 2.45) is 5.41 Å². The van der Waals surface area contributed by atoms with Gasteiger partial charge in [0.15, 0.2) is 6.10 Å². The largest absolute Gasteiger partial charge is 0.459 e. The molecule has 0 radical (unpaired) electrons. The monoisotopic (exact) mass is 212 g/mol. The van der Waals surface area contributed by atoms with Gasteiger partial charge in [-0.3, -0.25) is 4.79 Å². The summed E-state index contributed by atoms with van der Waals surface area (Å²) in [4.78, 5) is 21.6. The molecular weight excluding hydrogens is 196 g/mol. The number of hydrogen-bond donors (Lipinski definition) is 0. The second-order valence-electron chi connectivity index (χ2n) is 4.12. The Bertz CT molecular complexity index is 301. The lowest BCUT2D eigenvalue weighted by molar-refractivity contribution is -0.148. The van der Waals surface area contributed by atoms with Crippen LogP contribution in [0.3, 0.4) is 0 Å². The molecule has 0 unspecified atom stereocenters. The van der Waals surface area contributed by atoms with Crippen LogP contribution in [0.1, 0.15) is 27.7 Å². The molecule has 15 heavy (non-hydrogen) atoms. The summed E-state index contributed by atoms with van der Waals surface area (Å²) in [6.45, 7) is 6.91. The van der Waals surface area contributed by atoms with Crippen LogP contribution in [0, 0.1) is 17.3 Å². The maximum absolute atomic E-state index is 10.8. The molecule has 0 aliphatic carbocycles. The number of esters is 2. The van der Waals surface area contributed by atoms with Gasteiger partial charge in [-0.15, -0.1) is 0 Å². The standard InChI is InChI=1S/C11H16O4/c1-8(12)15-9(11(2,3)4)6-7-10(13)14-5/h9H,1-5H3/t9-/m0/s1. The van der Waals surface area contributed by atoms with Crippen LogP contribution in [0.2, 0.25) is 0 Å². The first-order valence-electron chi connectivity index (χ1n) is 4.54. The fourth-order valence-electron chi connectivity index (χ4n) is 0.764. The molecule has 0 bridgehead atoms. The summed E-state index contributed by atoms with van der Waals surface area (Å²) in [7, 11) is 1.24. The van der Waals surface area contributed by atoms with Crippen LogP contribution in [0.15, 0.2) is 0 Å². The van der Waals surface area contributed by atoms with Gasteiger partial charge in [-0.2, -0.15) is 0 Å². The van der Waals surface area contributed by atoms with E-state index in [1.165, 1.54) is 14.0 Å². The Balaban J connectivity index is 4.71. The van der Waals surface area contributed by atoms with Crippen LogP contribution in [0.5, 0.6) is 0 Å². The molecule has 4 heteroatoms. The van der Waals surface area contributed by atoms with E-state index in [-0.39, 0.29) is 5.41 Å². The van der Waals surface area contributed by atoms with Crippen molar-refractivity contribution < 1.29 is 19.1 Å². The summed E-state index contributed by atoms with van der Waals surface area (Å²) in [5.41, 5.74) is -0.341. The maximum Gasteiger partial charge on any atom is 0.384 e. The fourth-order valence-corrected chi connectivity index (χ4v) is 0.764. The van der Waals surface area contributed by atoms with E-state index in [0.29, 0.717) is 0 Å². The Kier molecular flexibility index (Phi) is 4.86. The first kappa shape index (κ1) is 13.5. The van der Waals surface area contributed by atoms with E-state index in [9.17, 15) is 9.59 Å². The molecular formula is C11H16O4. The third kappa shape index (κ3) is 5.74. The normalized spacial score (nSPS) is 12.1. The van der Waals surface area contributed by atoms with Crippen molar-refractivity contribution in [3.63, 3.8) is 0 Å². The van der Waals surface area contributed by atoms with E-state index < -0.39 is 18.0 Å². The van der Waals surface area contributed by atoms with Crippen molar-refractivity contribution >= 4 is 11.9 Å². The van der Waals surface area contributed by atoms with Gasteiger partial charge in [0, 0.05) is 18.3 Å². The average Bonchev–Trinajstić information content (AvgIpc) is 2.09. The zero-order chi connectivity index (χ0) is 12.1. The van der Waals surface area contributed by atoms with Crippen molar-refractivity contribution in [1.29, 1.82) is 0 Å². The average molecular weight is 212 g/mol. The molecule has 0 heterocycles. The van der Waals surface area contributed by atoms with Crippen molar-refractivity contribution in [2.45, 2.75) is 33.8 Å². The van der Waals surface area contributed by atoms with Gasteiger partial charge in [0.05, 0.1) is 7.11 Å². The molecule has 84 valence electrons. The molecule has 0 saturated heterocycles. The summed E-state index contributed by atoms with van der Waals surface area (Å²) in [5, 5.41) is 0. The van der Waals surface area contributed by atoms with Crippen molar-refractivity contribution in [1.82, 2.24) is 0 Å². The Morgan fingerprint density at radius 2 is 1.80 bits per heavy atom. The second-order valence-corrected chi connectivity index (χ2v) is 4.12. The Morgan fingerprint density at radius 1 is 1.27 bits per heavy atom. The predicted octanol–water partition coefficient (Wildman–Crippen LogP) is 1.14. The van der Waals surface area contributed by atoms with Crippen LogP contribution < -0.4 is 0 Å². The van der Waals surface area contributed by atoms with Crippen LogP contribution in [0.4, 0.5) is 0 Å². The zero-order valence-electron chi connectivity index (χ0n) is 9.71. The number of ether oxygens (including phenoxy) is 2. The highest BCUT2D eigenvalue weighted by Crippen LogP contribution is 2.21. The SMILES string of the molecule is COC(=O)C#C[C@H](OC(C)=O)C(C)(C)C. The van der Waals surface area contributed by atoms with Crippen LogP contribution in [-0.4, -0.2) is 25.2 Å². The molecule has 0 rings (SSSR count). The van der Waals surface area contributed by atoms with E-state index in [2.05, 4.69) is 16.6 Å². The Hall–Kier alpha value is -1.50. The lowest BCUT2D eigenvalue weighted by Crippen LogP contribution is -2.29. The van der Waals surface area contributed by atoms with Gasteiger partial charge in [-0.25, -0.2) is 4.79 Å². The number of methoxy groups -OCH3 is 1. The summed E-state index contributed by atoms with van der Waals surface area (Å²) < 4.78 is 9.35. The number of carbonyl (C=O) groups excluding carboxylic acids is 2. The molecule has 0 spiro atoms. The van der Waals surface area contributed by atoms with Gasteiger partial charge >= 0.3 is 11.9 Å². The minimum atomic E-state index is -0.642. The van der Waals surface area contributed by atoms with Crippen LogP contribution in [-0.2, 0) is 19.1 Å². The molecule has 1 atom stereocenters. The lowest BCUT2D eigenvalue weighted by atomic mass is 9.89. The zero-order valence-corrected chi connectivity index (χ0v) is 9.71. The molecule has 0 N–H and O–H groups in total. The molecule has 0 aliphatic heterocycles. The van der Waals surface area contributed by atoms with E-state index in [0.717, 1.165) is 0 Å². The van der Waals surface area contributed by atoms with Crippen molar-refractivity contribution in [3.05, 3.63) is 0 Å². The molecule has 0 amide bonds. The minimum Gasteiger partial charge on any atom is -0.459 e. The molecule has 0 aromatic rings. The maximum atomic E-state index is 10.8. The highest BCUT2D eigenvalue weighted by Gasteiger charge is 2.25. The van der Waals surface area contributed by atoms with Crippen LogP contribution >= 0.6 is 0 Å². The first-order valence-corrected chi connectivity index (χ1v) is 4.54.